The molecule has 1 aliphatic rings. The first kappa shape index (κ1) is 26.6. The molecule has 1 aliphatic heterocycles. The third-order valence-electron chi connectivity index (χ3n) is 5.07. The maximum Gasteiger partial charge on any atom is 0.227 e. The van der Waals surface area contributed by atoms with E-state index in [0.717, 1.165) is 69.4 Å². The summed E-state index contributed by atoms with van der Waals surface area (Å²) in [7, 11) is 1.76. The van der Waals surface area contributed by atoms with Crippen LogP contribution < -0.4 is 16.0 Å². The molecule has 1 amide bonds. The topological polar surface area (TPSA) is 84.0 Å². The van der Waals surface area contributed by atoms with Gasteiger partial charge in [0.2, 0.25) is 5.91 Å². The molecule has 2 atom stereocenters. The predicted octanol–water partition coefficient (Wildman–Crippen LogP) is 3.40. The SMILES string of the molecule is CCC(C)C(=O)Nc1cccc(CNC(=NC)NCCCOCC2CCOC2)c1.I. The fourth-order valence-corrected chi connectivity index (χ4v) is 2.96. The second-order valence-corrected chi connectivity index (χ2v) is 7.51. The molecule has 8 heteroatoms. The molecule has 1 heterocycles. The van der Waals surface area contributed by atoms with Gasteiger partial charge in [-0.3, -0.25) is 9.79 Å². The Balaban J connectivity index is 0.00000450. The van der Waals surface area contributed by atoms with Gasteiger partial charge in [-0.15, -0.1) is 24.0 Å². The Labute approximate surface area is 197 Å². The molecular weight excluding hydrogens is 495 g/mol. The summed E-state index contributed by atoms with van der Waals surface area (Å²) in [5, 5.41) is 9.58. The van der Waals surface area contributed by atoms with Crippen LogP contribution in [0.25, 0.3) is 0 Å². The highest BCUT2D eigenvalue weighted by Crippen LogP contribution is 2.13. The molecule has 1 aromatic carbocycles. The molecule has 0 aromatic heterocycles. The lowest BCUT2D eigenvalue weighted by Gasteiger charge is -2.14. The molecular formula is C22H37IN4O3. The van der Waals surface area contributed by atoms with Crippen molar-refractivity contribution in [3.8, 4) is 0 Å². The Morgan fingerprint density at radius 2 is 2.20 bits per heavy atom. The average molecular weight is 532 g/mol. The number of carbonyl (C=O) groups is 1. The van der Waals surface area contributed by atoms with Gasteiger partial charge in [0.15, 0.2) is 5.96 Å². The molecule has 7 nitrogen and oxygen atoms in total. The number of aliphatic imine (C=N–C) groups is 1. The van der Waals surface area contributed by atoms with Crippen LogP contribution in [0, 0.1) is 11.8 Å². The van der Waals surface area contributed by atoms with Gasteiger partial charge in [-0.1, -0.05) is 26.0 Å². The quantitative estimate of drug-likeness (QED) is 0.176. The average Bonchev–Trinajstić information content (AvgIpc) is 3.25. The van der Waals surface area contributed by atoms with Gasteiger partial charge in [0.1, 0.15) is 0 Å². The van der Waals surface area contributed by atoms with Crippen molar-refractivity contribution < 1.29 is 14.3 Å². The van der Waals surface area contributed by atoms with Crippen LogP contribution in [0.5, 0.6) is 0 Å². The molecule has 1 aromatic rings. The van der Waals surface area contributed by atoms with Crippen LogP contribution >= 0.6 is 24.0 Å². The smallest absolute Gasteiger partial charge is 0.227 e. The first-order chi connectivity index (χ1) is 14.1. The van der Waals surface area contributed by atoms with Crippen LogP contribution in [0.1, 0.15) is 38.7 Å². The maximum atomic E-state index is 12.1. The Hall–Kier alpha value is -1.39. The lowest BCUT2D eigenvalue weighted by atomic mass is 10.1. The Morgan fingerprint density at radius 3 is 2.90 bits per heavy atom. The van der Waals surface area contributed by atoms with Crippen LogP contribution in [0.2, 0.25) is 0 Å². The number of benzene rings is 1. The van der Waals surface area contributed by atoms with Crippen molar-refractivity contribution in [3.63, 3.8) is 0 Å². The Bertz CT molecular complexity index is 651. The highest BCUT2D eigenvalue weighted by Gasteiger charge is 2.15. The van der Waals surface area contributed by atoms with E-state index in [2.05, 4.69) is 20.9 Å². The second kappa shape index (κ2) is 15.4. The van der Waals surface area contributed by atoms with E-state index in [1.807, 2.05) is 38.1 Å². The Kier molecular flexibility index (Phi) is 13.7. The second-order valence-electron chi connectivity index (χ2n) is 7.51. The first-order valence-electron chi connectivity index (χ1n) is 10.6. The van der Waals surface area contributed by atoms with Crippen LogP contribution in [0.4, 0.5) is 5.69 Å². The number of hydrogen-bond acceptors (Lipinski definition) is 4. The highest BCUT2D eigenvalue weighted by molar-refractivity contribution is 14.0. The number of hydrogen-bond donors (Lipinski definition) is 3. The number of nitrogens with zero attached hydrogens (tertiary/aromatic N) is 1. The van der Waals surface area contributed by atoms with Gasteiger partial charge in [0, 0.05) is 50.9 Å². The van der Waals surface area contributed by atoms with Crippen molar-refractivity contribution in [1.29, 1.82) is 0 Å². The molecule has 2 unspecified atom stereocenters. The van der Waals surface area contributed by atoms with Gasteiger partial charge in [-0.2, -0.15) is 0 Å². The van der Waals surface area contributed by atoms with Crippen LogP contribution in [-0.4, -0.2) is 51.9 Å². The monoisotopic (exact) mass is 532 g/mol. The number of halogens is 1. The van der Waals surface area contributed by atoms with Crippen LogP contribution in [0.3, 0.4) is 0 Å². The number of rotatable bonds is 11. The van der Waals surface area contributed by atoms with Crippen molar-refractivity contribution >= 4 is 41.5 Å². The first-order valence-corrected chi connectivity index (χ1v) is 10.6. The van der Waals surface area contributed by atoms with Crippen LogP contribution in [0.15, 0.2) is 29.3 Å². The highest BCUT2D eigenvalue weighted by atomic mass is 127. The predicted molar refractivity (Wildman–Crippen MR) is 133 cm³/mol. The lowest BCUT2D eigenvalue weighted by molar-refractivity contribution is -0.119. The zero-order valence-electron chi connectivity index (χ0n) is 18.4. The van der Waals surface area contributed by atoms with Crippen molar-refractivity contribution in [1.82, 2.24) is 10.6 Å². The van der Waals surface area contributed by atoms with E-state index in [-0.39, 0.29) is 35.8 Å². The van der Waals surface area contributed by atoms with Gasteiger partial charge in [-0.25, -0.2) is 0 Å². The van der Waals surface area contributed by atoms with E-state index in [4.69, 9.17) is 9.47 Å². The van der Waals surface area contributed by atoms with Crippen molar-refractivity contribution in [2.24, 2.45) is 16.8 Å². The van der Waals surface area contributed by atoms with Crippen molar-refractivity contribution in [2.45, 2.75) is 39.7 Å². The minimum atomic E-state index is 0. The number of guanidine groups is 1. The third-order valence-corrected chi connectivity index (χ3v) is 5.07. The minimum absolute atomic E-state index is 0. The molecule has 30 heavy (non-hydrogen) atoms. The Morgan fingerprint density at radius 1 is 1.37 bits per heavy atom. The summed E-state index contributed by atoms with van der Waals surface area (Å²) in [6.45, 7) is 8.60. The number of carbonyl (C=O) groups excluding carboxylic acids is 1. The van der Waals surface area contributed by atoms with Gasteiger partial charge in [-0.05, 0) is 37.0 Å². The molecule has 0 radical (unpaired) electrons. The van der Waals surface area contributed by atoms with Crippen LogP contribution in [-0.2, 0) is 20.8 Å². The molecule has 1 saturated heterocycles. The summed E-state index contributed by atoms with van der Waals surface area (Å²) < 4.78 is 11.1. The molecule has 0 spiro atoms. The number of amides is 1. The number of nitrogens with one attached hydrogen (secondary N) is 3. The number of ether oxygens (including phenoxy) is 2. The van der Waals surface area contributed by atoms with E-state index < -0.39 is 0 Å². The maximum absolute atomic E-state index is 12.1. The lowest BCUT2D eigenvalue weighted by Crippen LogP contribution is -2.37. The van der Waals surface area contributed by atoms with E-state index >= 15 is 0 Å². The zero-order chi connectivity index (χ0) is 20.9. The standard InChI is InChI=1S/C22H36N4O3.HI/c1-4-17(2)21(27)26-20-8-5-7-18(13-20)14-25-22(23-3)24-10-6-11-28-15-19-9-12-29-16-19;/h5,7-8,13,17,19H,4,6,9-12,14-16H2,1-3H3,(H,26,27)(H2,23,24,25);1H. The van der Waals surface area contributed by atoms with E-state index in [0.29, 0.717) is 12.5 Å². The molecule has 170 valence electrons. The molecule has 1 fully saturated rings. The third kappa shape index (κ3) is 10.1. The molecule has 0 bridgehead atoms. The van der Waals surface area contributed by atoms with Gasteiger partial charge in [0.25, 0.3) is 0 Å². The van der Waals surface area contributed by atoms with Gasteiger partial charge in [0.05, 0.1) is 13.2 Å². The minimum Gasteiger partial charge on any atom is -0.381 e. The summed E-state index contributed by atoms with van der Waals surface area (Å²) >= 11 is 0. The fourth-order valence-electron chi connectivity index (χ4n) is 2.96. The summed E-state index contributed by atoms with van der Waals surface area (Å²) in [5.74, 6) is 1.37. The number of anilines is 1. The fraction of sp³-hybridized carbons (Fsp3) is 0.636. The molecule has 3 N–H and O–H groups in total. The zero-order valence-corrected chi connectivity index (χ0v) is 20.7. The molecule has 0 aliphatic carbocycles. The molecule has 2 rings (SSSR count). The summed E-state index contributed by atoms with van der Waals surface area (Å²) in [6.07, 6.45) is 2.86. The van der Waals surface area contributed by atoms with Gasteiger partial charge < -0.3 is 25.4 Å². The normalized spacial score (nSPS) is 17.2. The van der Waals surface area contributed by atoms with Gasteiger partial charge >= 0.3 is 0 Å². The summed E-state index contributed by atoms with van der Waals surface area (Å²) in [4.78, 5) is 16.3. The largest absolute Gasteiger partial charge is 0.381 e. The van der Waals surface area contributed by atoms with Crippen molar-refractivity contribution in [2.75, 3.05) is 45.3 Å². The molecule has 0 saturated carbocycles. The van der Waals surface area contributed by atoms with Crippen molar-refractivity contribution in [3.05, 3.63) is 29.8 Å². The summed E-state index contributed by atoms with van der Waals surface area (Å²) in [5.41, 5.74) is 1.90. The van der Waals surface area contributed by atoms with E-state index in [1.165, 1.54) is 0 Å². The van der Waals surface area contributed by atoms with E-state index in [1.54, 1.807) is 7.05 Å². The summed E-state index contributed by atoms with van der Waals surface area (Å²) in [6, 6.07) is 7.88. The van der Waals surface area contributed by atoms with E-state index in [9.17, 15) is 4.79 Å².